The maximum atomic E-state index is 12.0. The van der Waals surface area contributed by atoms with E-state index in [1.165, 1.54) is 44.9 Å². The standard InChI is InChI=1S/C19H38N2O3/c1-2-3-4-5-6-7-11-18(12-10-17-22)24-19(23)20-13-16-21-14-8-9-15-21/h18,22H,2-17H2,1H3,(H,20,23). The van der Waals surface area contributed by atoms with Gasteiger partial charge in [0.2, 0.25) is 0 Å². The number of carbonyl (C=O) groups is 1. The molecule has 0 radical (unpaired) electrons. The fourth-order valence-electron chi connectivity index (χ4n) is 3.25. The Hall–Kier alpha value is -0.810. The van der Waals surface area contributed by atoms with Crippen LogP contribution in [0.25, 0.3) is 0 Å². The van der Waals surface area contributed by atoms with E-state index < -0.39 is 0 Å². The summed E-state index contributed by atoms with van der Waals surface area (Å²) in [6, 6.07) is 0. The van der Waals surface area contributed by atoms with Crippen LogP contribution in [0.3, 0.4) is 0 Å². The van der Waals surface area contributed by atoms with Crippen LogP contribution in [0.1, 0.15) is 77.6 Å². The Morgan fingerprint density at radius 2 is 1.75 bits per heavy atom. The average Bonchev–Trinajstić information content (AvgIpc) is 3.09. The molecule has 0 aromatic carbocycles. The molecule has 0 spiro atoms. The Bertz CT molecular complexity index is 307. The van der Waals surface area contributed by atoms with Gasteiger partial charge in [-0.2, -0.15) is 0 Å². The molecule has 2 N–H and O–H groups in total. The van der Waals surface area contributed by atoms with Crippen molar-refractivity contribution in [2.75, 3.05) is 32.8 Å². The van der Waals surface area contributed by atoms with Gasteiger partial charge >= 0.3 is 6.09 Å². The van der Waals surface area contributed by atoms with E-state index >= 15 is 0 Å². The first-order valence-corrected chi connectivity index (χ1v) is 10.0. The lowest BCUT2D eigenvalue weighted by Crippen LogP contribution is -2.35. The predicted molar refractivity (Wildman–Crippen MR) is 98.3 cm³/mol. The molecule has 5 heteroatoms. The number of likely N-dealkylation sites (tertiary alicyclic amines) is 1. The van der Waals surface area contributed by atoms with Crippen molar-refractivity contribution in [3.8, 4) is 0 Å². The van der Waals surface area contributed by atoms with Crippen molar-refractivity contribution >= 4 is 6.09 Å². The Balaban J connectivity index is 2.13. The van der Waals surface area contributed by atoms with E-state index in [-0.39, 0.29) is 18.8 Å². The summed E-state index contributed by atoms with van der Waals surface area (Å²) >= 11 is 0. The molecule has 1 fully saturated rings. The highest BCUT2D eigenvalue weighted by Gasteiger charge is 2.15. The smallest absolute Gasteiger partial charge is 0.407 e. The van der Waals surface area contributed by atoms with Crippen molar-refractivity contribution in [1.29, 1.82) is 0 Å². The minimum atomic E-state index is -0.303. The molecule has 1 atom stereocenters. The molecular weight excluding hydrogens is 304 g/mol. The van der Waals surface area contributed by atoms with Gasteiger partial charge in [0.05, 0.1) is 0 Å². The van der Waals surface area contributed by atoms with Crippen molar-refractivity contribution in [2.24, 2.45) is 0 Å². The number of hydrogen-bond acceptors (Lipinski definition) is 4. The molecule has 142 valence electrons. The first-order chi connectivity index (χ1) is 11.8. The molecular formula is C19H38N2O3. The van der Waals surface area contributed by atoms with Gasteiger partial charge in [0, 0.05) is 19.7 Å². The van der Waals surface area contributed by atoms with E-state index in [0.29, 0.717) is 13.0 Å². The fourth-order valence-corrected chi connectivity index (χ4v) is 3.25. The summed E-state index contributed by atoms with van der Waals surface area (Å²) in [5, 5.41) is 11.9. The molecule has 1 heterocycles. The summed E-state index contributed by atoms with van der Waals surface area (Å²) in [5.41, 5.74) is 0. The van der Waals surface area contributed by atoms with E-state index in [4.69, 9.17) is 9.84 Å². The van der Waals surface area contributed by atoms with Crippen LogP contribution in [0.2, 0.25) is 0 Å². The van der Waals surface area contributed by atoms with Gasteiger partial charge in [0.25, 0.3) is 0 Å². The van der Waals surface area contributed by atoms with Gasteiger partial charge < -0.3 is 20.1 Å². The van der Waals surface area contributed by atoms with Crippen molar-refractivity contribution in [1.82, 2.24) is 10.2 Å². The topological polar surface area (TPSA) is 61.8 Å². The van der Waals surface area contributed by atoms with Crippen LogP contribution >= 0.6 is 0 Å². The van der Waals surface area contributed by atoms with Gasteiger partial charge in [0.1, 0.15) is 6.10 Å². The van der Waals surface area contributed by atoms with Crippen LogP contribution in [0.5, 0.6) is 0 Å². The third kappa shape index (κ3) is 10.9. The summed E-state index contributed by atoms with van der Waals surface area (Å²) in [7, 11) is 0. The Morgan fingerprint density at radius 3 is 2.46 bits per heavy atom. The summed E-state index contributed by atoms with van der Waals surface area (Å²) in [6.07, 6.45) is 12.0. The number of carbonyl (C=O) groups excluding carboxylic acids is 1. The van der Waals surface area contributed by atoms with Gasteiger partial charge in [0.15, 0.2) is 0 Å². The van der Waals surface area contributed by atoms with Crippen molar-refractivity contribution < 1.29 is 14.6 Å². The van der Waals surface area contributed by atoms with Crippen LogP contribution in [0.4, 0.5) is 4.79 Å². The van der Waals surface area contributed by atoms with Gasteiger partial charge in [-0.15, -0.1) is 0 Å². The Kier molecular flexibility index (Phi) is 12.9. The third-order valence-electron chi connectivity index (χ3n) is 4.73. The van der Waals surface area contributed by atoms with E-state index in [1.807, 2.05) is 0 Å². The number of unbranched alkanes of at least 4 members (excludes halogenated alkanes) is 5. The van der Waals surface area contributed by atoms with E-state index in [1.54, 1.807) is 0 Å². The first-order valence-electron chi connectivity index (χ1n) is 10.0. The highest BCUT2D eigenvalue weighted by atomic mass is 16.6. The number of aliphatic hydroxyl groups is 1. The molecule has 1 rings (SSSR count). The quantitative estimate of drug-likeness (QED) is 0.473. The van der Waals surface area contributed by atoms with Crippen LogP contribution in [0, 0.1) is 0 Å². The molecule has 0 aromatic heterocycles. The maximum absolute atomic E-state index is 12.0. The minimum Gasteiger partial charge on any atom is -0.446 e. The fraction of sp³-hybridized carbons (Fsp3) is 0.947. The molecule has 0 aliphatic carbocycles. The lowest BCUT2D eigenvalue weighted by Gasteiger charge is -2.19. The zero-order valence-corrected chi connectivity index (χ0v) is 15.6. The maximum Gasteiger partial charge on any atom is 0.407 e. The molecule has 5 nitrogen and oxygen atoms in total. The molecule has 0 bridgehead atoms. The number of hydrogen-bond donors (Lipinski definition) is 2. The van der Waals surface area contributed by atoms with E-state index in [0.717, 1.165) is 38.9 Å². The predicted octanol–water partition coefficient (Wildman–Crippen LogP) is 3.70. The summed E-state index contributed by atoms with van der Waals surface area (Å²) < 4.78 is 5.57. The number of ether oxygens (including phenoxy) is 1. The lowest BCUT2D eigenvalue weighted by molar-refractivity contribution is 0.0803. The van der Waals surface area contributed by atoms with Gasteiger partial charge in [-0.05, 0) is 51.6 Å². The zero-order valence-electron chi connectivity index (χ0n) is 15.6. The number of nitrogens with zero attached hydrogens (tertiary/aromatic N) is 1. The summed E-state index contributed by atoms with van der Waals surface area (Å²) in [5.74, 6) is 0. The second-order valence-corrected chi connectivity index (χ2v) is 6.93. The first kappa shape index (κ1) is 21.2. The Morgan fingerprint density at radius 1 is 1.08 bits per heavy atom. The second-order valence-electron chi connectivity index (χ2n) is 6.93. The van der Waals surface area contributed by atoms with Crippen molar-refractivity contribution in [3.05, 3.63) is 0 Å². The second kappa shape index (κ2) is 14.5. The van der Waals surface area contributed by atoms with E-state index in [2.05, 4.69) is 17.1 Å². The number of rotatable bonds is 14. The molecule has 24 heavy (non-hydrogen) atoms. The highest BCUT2D eigenvalue weighted by molar-refractivity contribution is 5.67. The monoisotopic (exact) mass is 342 g/mol. The number of amides is 1. The molecule has 1 aliphatic rings. The van der Waals surface area contributed by atoms with Gasteiger partial charge in [-0.3, -0.25) is 0 Å². The van der Waals surface area contributed by atoms with Crippen molar-refractivity contribution in [3.63, 3.8) is 0 Å². The zero-order chi connectivity index (χ0) is 17.5. The lowest BCUT2D eigenvalue weighted by atomic mass is 10.0. The highest BCUT2D eigenvalue weighted by Crippen LogP contribution is 2.14. The molecule has 1 aliphatic heterocycles. The molecule has 0 aromatic rings. The average molecular weight is 343 g/mol. The molecule has 1 amide bonds. The van der Waals surface area contributed by atoms with Crippen LogP contribution in [-0.4, -0.2) is 55.0 Å². The minimum absolute atomic E-state index is 0.0601. The normalized spacial score (nSPS) is 16.2. The van der Waals surface area contributed by atoms with Gasteiger partial charge in [-0.25, -0.2) is 4.79 Å². The van der Waals surface area contributed by atoms with Crippen LogP contribution < -0.4 is 5.32 Å². The number of nitrogens with one attached hydrogen (secondary N) is 1. The molecule has 0 saturated carbocycles. The third-order valence-corrected chi connectivity index (χ3v) is 4.73. The number of aliphatic hydroxyl groups excluding tert-OH is 1. The number of alkyl carbamates (subject to hydrolysis) is 1. The molecule has 1 unspecified atom stereocenters. The van der Waals surface area contributed by atoms with Crippen molar-refractivity contribution in [2.45, 2.75) is 83.7 Å². The van der Waals surface area contributed by atoms with Gasteiger partial charge in [-0.1, -0.05) is 39.0 Å². The van der Waals surface area contributed by atoms with Crippen LogP contribution in [-0.2, 0) is 4.74 Å². The summed E-state index contributed by atoms with van der Waals surface area (Å²) in [4.78, 5) is 14.3. The van der Waals surface area contributed by atoms with E-state index in [9.17, 15) is 4.79 Å². The summed E-state index contributed by atoms with van der Waals surface area (Å²) in [6.45, 7) is 6.24. The largest absolute Gasteiger partial charge is 0.446 e. The SMILES string of the molecule is CCCCCCCCC(CCCO)OC(=O)NCCN1CCCC1. The van der Waals surface area contributed by atoms with Crippen LogP contribution in [0.15, 0.2) is 0 Å². The molecule has 1 saturated heterocycles. The Labute approximate surface area is 148 Å².